The van der Waals surface area contributed by atoms with Crippen molar-refractivity contribution in [3.8, 4) is 0 Å². The SMILES string of the molecule is CC(NC(=O)C(CCC(=O)O)NC(=O)C(CCC(N)=O)NC(=O)C(N)CS)C(=O)O. The van der Waals surface area contributed by atoms with Crippen LogP contribution in [0.5, 0.6) is 0 Å². The number of carbonyl (C=O) groups is 6. The monoisotopic (exact) mass is 449 g/mol. The van der Waals surface area contributed by atoms with Crippen LogP contribution in [0.1, 0.15) is 32.6 Å². The first-order chi connectivity index (χ1) is 13.9. The van der Waals surface area contributed by atoms with Gasteiger partial charge in [0, 0.05) is 18.6 Å². The van der Waals surface area contributed by atoms with Gasteiger partial charge in [-0.05, 0) is 19.8 Å². The number of carbonyl (C=O) groups excluding carboxylic acids is 4. The summed E-state index contributed by atoms with van der Waals surface area (Å²) in [7, 11) is 0. The van der Waals surface area contributed by atoms with Gasteiger partial charge in [-0.15, -0.1) is 0 Å². The second-order valence-electron chi connectivity index (χ2n) is 6.42. The van der Waals surface area contributed by atoms with E-state index >= 15 is 0 Å². The van der Waals surface area contributed by atoms with Crippen LogP contribution in [0.4, 0.5) is 0 Å². The predicted molar refractivity (Wildman–Crippen MR) is 106 cm³/mol. The zero-order valence-corrected chi connectivity index (χ0v) is 17.2. The van der Waals surface area contributed by atoms with Crippen LogP contribution >= 0.6 is 12.6 Å². The normalized spacial score (nSPS) is 14.5. The number of hydrogen-bond acceptors (Lipinski definition) is 8. The van der Waals surface area contributed by atoms with E-state index in [1.165, 1.54) is 6.92 Å². The van der Waals surface area contributed by atoms with Gasteiger partial charge in [-0.1, -0.05) is 0 Å². The molecule has 0 aliphatic rings. The molecule has 0 aliphatic heterocycles. The van der Waals surface area contributed by atoms with Crippen LogP contribution in [-0.4, -0.2) is 75.7 Å². The number of amides is 4. The second kappa shape index (κ2) is 13.4. The molecule has 4 amide bonds. The Balaban J connectivity index is 5.41. The Labute approximate surface area is 177 Å². The molecule has 0 aliphatic carbocycles. The fourth-order valence-corrected chi connectivity index (χ4v) is 2.27. The van der Waals surface area contributed by atoms with Crippen molar-refractivity contribution < 1.29 is 39.0 Å². The lowest BCUT2D eigenvalue weighted by Crippen LogP contribution is -2.57. The molecule has 9 N–H and O–H groups in total. The van der Waals surface area contributed by atoms with E-state index in [0.717, 1.165) is 0 Å². The zero-order valence-electron chi connectivity index (χ0n) is 16.3. The predicted octanol–water partition coefficient (Wildman–Crippen LogP) is -3.07. The molecule has 30 heavy (non-hydrogen) atoms. The Morgan fingerprint density at radius 3 is 1.77 bits per heavy atom. The molecule has 0 heterocycles. The first-order valence-corrected chi connectivity index (χ1v) is 9.52. The fourth-order valence-electron chi connectivity index (χ4n) is 2.10. The Morgan fingerprint density at radius 2 is 1.33 bits per heavy atom. The summed E-state index contributed by atoms with van der Waals surface area (Å²) in [6, 6.07) is -5.03. The minimum absolute atomic E-state index is 0.0211. The van der Waals surface area contributed by atoms with Crippen molar-refractivity contribution in [2.75, 3.05) is 5.75 Å². The van der Waals surface area contributed by atoms with E-state index in [1.807, 2.05) is 0 Å². The first-order valence-electron chi connectivity index (χ1n) is 8.89. The molecule has 0 aromatic heterocycles. The van der Waals surface area contributed by atoms with E-state index in [9.17, 15) is 28.8 Å². The van der Waals surface area contributed by atoms with Crippen LogP contribution in [0, 0.1) is 0 Å². The molecule has 13 nitrogen and oxygen atoms in total. The molecule has 0 saturated heterocycles. The van der Waals surface area contributed by atoms with E-state index in [1.54, 1.807) is 0 Å². The number of nitrogens with two attached hydrogens (primary N) is 2. The average Bonchev–Trinajstić information content (AvgIpc) is 2.66. The standard InChI is InChI=1S/C16H27N5O8S/c1-7(16(28)29)19-14(26)10(3-5-12(23)24)21-15(27)9(2-4-11(18)22)20-13(25)8(17)6-30/h7-10,30H,2-6,17H2,1H3,(H2,18,22)(H,19,26)(H,20,25)(H,21,27)(H,23,24)(H,28,29). The van der Waals surface area contributed by atoms with E-state index in [0.29, 0.717) is 0 Å². The van der Waals surface area contributed by atoms with Crippen molar-refractivity contribution in [1.29, 1.82) is 0 Å². The van der Waals surface area contributed by atoms with Crippen molar-refractivity contribution >= 4 is 48.2 Å². The minimum Gasteiger partial charge on any atom is -0.481 e. The van der Waals surface area contributed by atoms with Gasteiger partial charge in [0.25, 0.3) is 0 Å². The maximum Gasteiger partial charge on any atom is 0.325 e. The third-order valence-electron chi connectivity index (χ3n) is 3.85. The number of primary amides is 1. The van der Waals surface area contributed by atoms with Gasteiger partial charge in [0.05, 0.1) is 6.04 Å². The van der Waals surface area contributed by atoms with E-state index in [4.69, 9.17) is 21.7 Å². The van der Waals surface area contributed by atoms with Crippen LogP contribution in [0.2, 0.25) is 0 Å². The molecule has 14 heteroatoms. The highest BCUT2D eigenvalue weighted by Crippen LogP contribution is 2.04. The molecule has 0 aromatic rings. The first kappa shape index (κ1) is 27.1. The van der Waals surface area contributed by atoms with Crippen molar-refractivity contribution in [3.63, 3.8) is 0 Å². The van der Waals surface area contributed by atoms with Crippen molar-refractivity contribution in [2.24, 2.45) is 11.5 Å². The molecule has 0 fully saturated rings. The van der Waals surface area contributed by atoms with Gasteiger partial charge < -0.3 is 37.6 Å². The number of nitrogens with one attached hydrogen (secondary N) is 3. The quantitative estimate of drug-likeness (QED) is 0.126. The van der Waals surface area contributed by atoms with Gasteiger partial charge in [-0.25, -0.2) is 0 Å². The second-order valence-corrected chi connectivity index (χ2v) is 6.78. The largest absolute Gasteiger partial charge is 0.481 e. The third kappa shape index (κ3) is 10.6. The highest BCUT2D eigenvalue weighted by atomic mass is 32.1. The minimum atomic E-state index is -1.40. The lowest BCUT2D eigenvalue weighted by Gasteiger charge is -2.24. The summed E-state index contributed by atoms with van der Waals surface area (Å²) in [5, 5.41) is 24.4. The smallest absolute Gasteiger partial charge is 0.325 e. The van der Waals surface area contributed by atoms with Crippen LogP contribution in [-0.2, 0) is 28.8 Å². The third-order valence-corrected chi connectivity index (χ3v) is 4.25. The highest BCUT2D eigenvalue weighted by Gasteiger charge is 2.29. The Bertz CT molecular complexity index is 674. The maximum absolute atomic E-state index is 12.6. The molecule has 4 unspecified atom stereocenters. The summed E-state index contributed by atoms with van der Waals surface area (Å²) in [6.07, 6.45) is -1.31. The van der Waals surface area contributed by atoms with E-state index in [2.05, 4.69) is 28.6 Å². The van der Waals surface area contributed by atoms with E-state index in [-0.39, 0.29) is 25.0 Å². The number of aliphatic carboxylic acids is 2. The molecular weight excluding hydrogens is 422 g/mol. The van der Waals surface area contributed by atoms with Gasteiger partial charge in [0.2, 0.25) is 23.6 Å². The van der Waals surface area contributed by atoms with Gasteiger partial charge in [-0.2, -0.15) is 12.6 Å². The molecule has 4 atom stereocenters. The zero-order chi connectivity index (χ0) is 23.4. The van der Waals surface area contributed by atoms with Crippen LogP contribution in [0.15, 0.2) is 0 Å². The van der Waals surface area contributed by atoms with Crippen molar-refractivity contribution in [1.82, 2.24) is 16.0 Å². The van der Waals surface area contributed by atoms with Crippen LogP contribution < -0.4 is 27.4 Å². The lowest BCUT2D eigenvalue weighted by atomic mass is 10.1. The summed E-state index contributed by atoms with van der Waals surface area (Å²) < 4.78 is 0. The fraction of sp³-hybridized carbons (Fsp3) is 0.625. The van der Waals surface area contributed by atoms with Gasteiger partial charge in [0.15, 0.2) is 0 Å². The van der Waals surface area contributed by atoms with Crippen molar-refractivity contribution in [3.05, 3.63) is 0 Å². The molecule has 0 radical (unpaired) electrons. The van der Waals surface area contributed by atoms with Crippen LogP contribution in [0.25, 0.3) is 0 Å². The number of rotatable bonds is 14. The topological polar surface area (TPSA) is 231 Å². The molecule has 0 aromatic carbocycles. The van der Waals surface area contributed by atoms with E-state index < -0.39 is 66.2 Å². The summed E-state index contributed by atoms with van der Waals surface area (Å²) in [5.74, 6) is -5.90. The molecule has 0 bridgehead atoms. The van der Waals surface area contributed by atoms with Crippen molar-refractivity contribution in [2.45, 2.75) is 56.8 Å². The molecule has 0 rings (SSSR count). The lowest BCUT2D eigenvalue weighted by molar-refractivity contribution is -0.142. The Hall–Kier alpha value is -2.87. The Morgan fingerprint density at radius 1 is 0.867 bits per heavy atom. The molecule has 170 valence electrons. The summed E-state index contributed by atoms with van der Waals surface area (Å²) in [5.41, 5.74) is 10.6. The summed E-state index contributed by atoms with van der Waals surface area (Å²) >= 11 is 3.87. The molecular formula is C16H27N5O8S. The number of carboxylic acids is 2. The van der Waals surface area contributed by atoms with Crippen LogP contribution in [0.3, 0.4) is 0 Å². The number of thiol groups is 1. The van der Waals surface area contributed by atoms with Gasteiger partial charge in [0.1, 0.15) is 18.1 Å². The molecule has 0 saturated carbocycles. The number of carboxylic acid groups (broad SMARTS) is 2. The summed E-state index contributed by atoms with van der Waals surface area (Å²) in [4.78, 5) is 69.7. The highest BCUT2D eigenvalue weighted by molar-refractivity contribution is 7.80. The van der Waals surface area contributed by atoms with Gasteiger partial charge in [-0.3, -0.25) is 28.8 Å². The van der Waals surface area contributed by atoms with Gasteiger partial charge >= 0.3 is 11.9 Å². The summed E-state index contributed by atoms with van der Waals surface area (Å²) in [6.45, 7) is 1.19. The maximum atomic E-state index is 12.6. The Kier molecular flexibility index (Phi) is 12.1. The average molecular weight is 449 g/mol. The molecule has 0 spiro atoms. The number of hydrogen-bond donors (Lipinski definition) is 8.